The maximum atomic E-state index is 5.91. The molecule has 0 aliphatic heterocycles. The van der Waals surface area contributed by atoms with Crippen molar-refractivity contribution in [2.45, 2.75) is 32.6 Å². The van der Waals surface area contributed by atoms with Crippen LogP contribution >= 0.6 is 11.3 Å². The molecule has 1 aromatic heterocycles. The van der Waals surface area contributed by atoms with Crippen LogP contribution in [0.5, 0.6) is 0 Å². The number of unbranched alkanes of at least 4 members (excludes halogenated alkanes) is 1. The molecular formula is C20H21N2S. The van der Waals surface area contributed by atoms with E-state index in [1.807, 2.05) is 18.2 Å². The number of hydrogen-bond donors (Lipinski definition) is 1. The molecule has 117 valence electrons. The number of thiazole rings is 1. The Hall–Kier alpha value is -2.13. The molecular weight excluding hydrogens is 300 g/mol. The Morgan fingerprint density at radius 1 is 1.13 bits per heavy atom. The highest BCUT2D eigenvalue weighted by molar-refractivity contribution is 7.15. The van der Waals surface area contributed by atoms with Crippen LogP contribution in [0, 0.1) is 6.07 Å². The Morgan fingerprint density at radius 2 is 1.96 bits per heavy atom. The zero-order valence-corrected chi connectivity index (χ0v) is 14.2. The lowest BCUT2D eigenvalue weighted by Gasteiger charge is -2.05. The third-order valence-corrected chi connectivity index (χ3v) is 4.83. The van der Waals surface area contributed by atoms with Crippen LogP contribution in [0.25, 0.3) is 11.1 Å². The number of benzene rings is 2. The molecule has 0 unspecified atom stereocenters. The molecule has 1 radical (unpaired) electrons. The Kier molecular flexibility index (Phi) is 5.09. The van der Waals surface area contributed by atoms with Crippen LogP contribution in [0.1, 0.15) is 35.9 Å². The first-order chi connectivity index (χ1) is 11.3. The molecule has 0 amide bonds. The SMILES string of the molecule is CCCCc1nc(N)sc1Cc1ccc(-c2[c]cccc2)cc1. The summed E-state index contributed by atoms with van der Waals surface area (Å²) in [6.45, 7) is 2.20. The van der Waals surface area contributed by atoms with Gasteiger partial charge in [0.25, 0.3) is 0 Å². The van der Waals surface area contributed by atoms with Crippen LogP contribution in [0.2, 0.25) is 0 Å². The molecule has 3 heteroatoms. The normalized spacial score (nSPS) is 10.8. The summed E-state index contributed by atoms with van der Waals surface area (Å²) in [7, 11) is 0. The molecule has 0 aliphatic rings. The summed E-state index contributed by atoms with van der Waals surface area (Å²) in [6.07, 6.45) is 4.28. The molecule has 0 saturated heterocycles. The third kappa shape index (κ3) is 3.99. The van der Waals surface area contributed by atoms with Crippen molar-refractivity contribution in [2.24, 2.45) is 0 Å². The van der Waals surface area contributed by atoms with Gasteiger partial charge in [0.05, 0.1) is 5.69 Å². The highest BCUT2D eigenvalue weighted by Gasteiger charge is 2.10. The van der Waals surface area contributed by atoms with Gasteiger partial charge in [0, 0.05) is 11.3 Å². The minimum Gasteiger partial charge on any atom is -0.375 e. The van der Waals surface area contributed by atoms with E-state index in [-0.39, 0.29) is 0 Å². The largest absolute Gasteiger partial charge is 0.375 e. The standard InChI is InChI=1S/C20H21N2S/c1-2-3-9-18-19(23-20(21)22-18)14-15-10-12-17(13-11-15)16-7-5-4-6-8-16/h4-7,10-13H,2-3,9,14H2,1H3,(H2,21,22). The Bertz CT molecular complexity index is 745. The van der Waals surface area contributed by atoms with E-state index in [9.17, 15) is 0 Å². The summed E-state index contributed by atoms with van der Waals surface area (Å²) >= 11 is 1.62. The van der Waals surface area contributed by atoms with Crippen LogP contribution in [0.4, 0.5) is 5.13 Å². The lowest BCUT2D eigenvalue weighted by Crippen LogP contribution is -1.94. The predicted molar refractivity (Wildman–Crippen MR) is 98.7 cm³/mol. The van der Waals surface area contributed by atoms with E-state index in [4.69, 9.17) is 5.73 Å². The first kappa shape index (κ1) is 15.8. The summed E-state index contributed by atoms with van der Waals surface area (Å²) in [6, 6.07) is 20.0. The fourth-order valence-electron chi connectivity index (χ4n) is 2.64. The summed E-state index contributed by atoms with van der Waals surface area (Å²) < 4.78 is 0. The zero-order chi connectivity index (χ0) is 16.1. The smallest absolute Gasteiger partial charge is 0.180 e. The van der Waals surface area contributed by atoms with E-state index in [1.54, 1.807) is 11.3 Å². The molecule has 2 nitrogen and oxygen atoms in total. The van der Waals surface area contributed by atoms with E-state index < -0.39 is 0 Å². The number of nitrogen functional groups attached to an aromatic ring is 1. The van der Waals surface area contributed by atoms with Crippen molar-refractivity contribution in [2.75, 3.05) is 5.73 Å². The second kappa shape index (κ2) is 7.42. The molecule has 0 fully saturated rings. The van der Waals surface area contributed by atoms with Gasteiger partial charge in [0.15, 0.2) is 5.13 Å². The quantitative estimate of drug-likeness (QED) is 0.684. The lowest BCUT2D eigenvalue weighted by molar-refractivity contribution is 0.775. The molecule has 2 aromatic carbocycles. The summed E-state index contributed by atoms with van der Waals surface area (Å²) in [4.78, 5) is 5.80. The molecule has 0 saturated carbocycles. The lowest BCUT2D eigenvalue weighted by atomic mass is 10.0. The molecule has 23 heavy (non-hydrogen) atoms. The van der Waals surface area contributed by atoms with Crippen LogP contribution in [0.15, 0.2) is 48.5 Å². The van der Waals surface area contributed by atoms with Gasteiger partial charge >= 0.3 is 0 Å². The Balaban J connectivity index is 1.76. The van der Waals surface area contributed by atoms with Crippen LogP contribution < -0.4 is 5.73 Å². The summed E-state index contributed by atoms with van der Waals surface area (Å²) in [5, 5.41) is 0.682. The van der Waals surface area contributed by atoms with Crippen LogP contribution in [-0.2, 0) is 12.8 Å². The van der Waals surface area contributed by atoms with E-state index in [2.05, 4.69) is 48.3 Å². The molecule has 0 spiro atoms. The van der Waals surface area contributed by atoms with E-state index in [1.165, 1.54) is 34.5 Å². The predicted octanol–water partition coefficient (Wildman–Crippen LogP) is 5.13. The van der Waals surface area contributed by atoms with Crippen molar-refractivity contribution in [1.82, 2.24) is 4.98 Å². The van der Waals surface area contributed by atoms with Gasteiger partial charge in [-0.2, -0.15) is 0 Å². The first-order valence-corrected chi connectivity index (χ1v) is 8.88. The van der Waals surface area contributed by atoms with Crippen LogP contribution in [-0.4, -0.2) is 4.98 Å². The van der Waals surface area contributed by atoms with Gasteiger partial charge in [-0.3, -0.25) is 0 Å². The number of aryl methyl sites for hydroxylation is 1. The van der Waals surface area contributed by atoms with E-state index in [0.717, 1.165) is 18.4 Å². The number of anilines is 1. The number of nitrogens with zero attached hydrogens (tertiary/aromatic N) is 1. The van der Waals surface area contributed by atoms with Crippen molar-refractivity contribution in [3.05, 3.63) is 70.7 Å². The van der Waals surface area contributed by atoms with Crippen LogP contribution in [0.3, 0.4) is 0 Å². The topological polar surface area (TPSA) is 38.9 Å². The number of rotatable bonds is 6. The molecule has 3 aromatic rings. The van der Waals surface area contributed by atoms with Crippen molar-refractivity contribution in [3.8, 4) is 11.1 Å². The zero-order valence-electron chi connectivity index (χ0n) is 13.4. The summed E-state index contributed by atoms with van der Waals surface area (Å²) in [5.74, 6) is 0. The fourth-order valence-corrected chi connectivity index (χ4v) is 3.55. The average molecular weight is 321 g/mol. The highest BCUT2D eigenvalue weighted by Crippen LogP contribution is 2.26. The highest BCUT2D eigenvalue weighted by atomic mass is 32.1. The van der Waals surface area contributed by atoms with Gasteiger partial charge in [0.2, 0.25) is 0 Å². The number of aromatic nitrogens is 1. The van der Waals surface area contributed by atoms with Crippen molar-refractivity contribution in [1.29, 1.82) is 0 Å². The van der Waals surface area contributed by atoms with Gasteiger partial charge in [-0.15, -0.1) is 11.3 Å². The minimum atomic E-state index is 0.682. The maximum Gasteiger partial charge on any atom is 0.180 e. The number of nitrogens with two attached hydrogens (primary N) is 1. The molecule has 0 bridgehead atoms. The van der Waals surface area contributed by atoms with Gasteiger partial charge in [0.1, 0.15) is 0 Å². The number of hydrogen-bond acceptors (Lipinski definition) is 3. The average Bonchev–Trinajstić information content (AvgIpc) is 2.94. The molecule has 2 N–H and O–H groups in total. The minimum absolute atomic E-state index is 0.682. The second-order valence-corrected chi connectivity index (χ2v) is 6.79. The van der Waals surface area contributed by atoms with Gasteiger partial charge in [-0.05, 0) is 35.6 Å². The monoisotopic (exact) mass is 321 g/mol. The fraction of sp³-hybridized carbons (Fsp3) is 0.250. The van der Waals surface area contributed by atoms with E-state index >= 15 is 0 Å². The molecule has 3 rings (SSSR count). The Labute approximate surface area is 142 Å². The van der Waals surface area contributed by atoms with Gasteiger partial charge in [-0.1, -0.05) is 61.9 Å². The molecule has 0 aliphatic carbocycles. The third-order valence-electron chi connectivity index (χ3n) is 3.90. The Morgan fingerprint density at radius 3 is 2.65 bits per heavy atom. The van der Waals surface area contributed by atoms with Crippen molar-refractivity contribution in [3.63, 3.8) is 0 Å². The van der Waals surface area contributed by atoms with Crippen molar-refractivity contribution < 1.29 is 0 Å². The second-order valence-electron chi connectivity index (χ2n) is 5.68. The van der Waals surface area contributed by atoms with Gasteiger partial charge < -0.3 is 5.73 Å². The maximum absolute atomic E-state index is 5.91. The first-order valence-electron chi connectivity index (χ1n) is 8.06. The van der Waals surface area contributed by atoms with Gasteiger partial charge in [-0.25, -0.2) is 4.98 Å². The molecule has 0 atom stereocenters. The summed E-state index contributed by atoms with van der Waals surface area (Å²) in [5.41, 5.74) is 10.7. The van der Waals surface area contributed by atoms with Crippen molar-refractivity contribution >= 4 is 16.5 Å². The van der Waals surface area contributed by atoms with E-state index in [0.29, 0.717) is 5.13 Å². The molecule has 1 heterocycles.